The number of hydrogen-bond acceptors (Lipinski definition) is 4. The Bertz CT molecular complexity index is 1070. The van der Waals surface area contributed by atoms with Crippen LogP contribution in [0.25, 0.3) is 0 Å². The topological polar surface area (TPSA) is 42.1 Å². The molecule has 0 saturated heterocycles. The first-order valence-electron chi connectivity index (χ1n) is 10.4. The molecule has 2 heterocycles. The van der Waals surface area contributed by atoms with E-state index >= 15 is 0 Å². The minimum atomic E-state index is 0.0858. The van der Waals surface area contributed by atoms with Crippen LogP contribution in [0.1, 0.15) is 41.2 Å². The van der Waals surface area contributed by atoms with Crippen LogP contribution in [0.5, 0.6) is 5.75 Å². The zero-order valence-corrected chi connectivity index (χ0v) is 17.7. The molecule has 0 spiro atoms. The van der Waals surface area contributed by atoms with E-state index in [2.05, 4.69) is 41.4 Å². The van der Waals surface area contributed by atoms with E-state index in [4.69, 9.17) is 4.74 Å². The van der Waals surface area contributed by atoms with Crippen LogP contribution in [-0.4, -0.2) is 10.2 Å². The first-order valence-corrected chi connectivity index (χ1v) is 12.1. The summed E-state index contributed by atoms with van der Waals surface area (Å²) in [5, 5.41) is 1.79. The van der Waals surface area contributed by atoms with Crippen molar-refractivity contribution >= 4 is 23.1 Å². The Morgan fingerprint density at radius 2 is 1.79 bits per heavy atom. The Labute approximate surface area is 178 Å². The van der Waals surface area contributed by atoms with Gasteiger partial charge in [-0.15, -0.1) is 11.8 Å². The number of fused-ring (bicyclic) bond motifs is 6. The summed E-state index contributed by atoms with van der Waals surface area (Å²) in [4.78, 5) is 16.6. The van der Waals surface area contributed by atoms with Crippen LogP contribution in [-0.2, 0) is 6.61 Å². The van der Waals surface area contributed by atoms with Crippen LogP contribution in [0.3, 0.4) is 0 Å². The van der Waals surface area contributed by atoms with E-state index in [1.54, 1.807) is 0 Å². The van der Waals surface area contributed by atoms with Gasteiger partial charge < -0.3 is 9.72 Å². The molecule has 1 N–H and O–H groups in total. The molecular formula is C24H23NO2S2. The summed E-state index contributed by atoms with van der Waals surface area (Å²) in [6.45, 7) is 0.582. The fourth-order valence-corrected chi connectivity index (χ4v) is 8.63. The molecule has 148 valence electrons. The number of ether oxygens (including phenoxy) is 1. The molecule has 5 heteroatoms. The Hall–Kier alpha value is -1.98. The van der Waals surface area contributed by atoms with Crippen LogP contribution in [0, 0.1) is 17.8 Å². The molecule has 5 atom stereocenters. The number of nitrogens with one attached hydrogen (secondary N) is 1. The summed E-state index contributed by atoms with van der Waals surface area (Å²) in [5.41, 5.74) is 2.50. The van der Waals surface area contributed by atoms with Crippen molar-refractivity contribution in [3.8, 4) is 5.75 Å². The van der Waals surface area contributed by atoms with Gasteiger partial charge in [-0.05, 0) is 60.3 Å². The standard InChI is InChI=1S/C24H23NO2S2/c26-24-25-23-22(29-24)19(20-16-6-7-17(12-16)21(20)28-23)15-8-10-18(11-9-15)27-13-14-4-2-1-3-5-14/h1-5,8-11,16-17,19-21H,6-7,12-13H2,(H,25,26)/t16-,17-,19+,20-,21-/m1/s1. The molecule has 2 saturated carbocycles. The first kappa shape index (κ1) is 17.8. The molecule has 0 unspecified atom stereocenters. The second kappa shape index (κ2) is 7.06. The van der Waals surface area contributed by atoms with Crippen molar-refractivity contribution in [2.75, 3.05) is 0 Å². The number of benzene rings is 2. The Morgan fingerprint density at radius 3 is 2.62 bits per heavy atom. The number of aromatic amines is 1. The number of rotatable bonds is 4. The van der Waals surface area contributed by atoms with Crippen LogP contribution in [0.2, 0.25) is 0 Å². The maximum absolute atomic E-state index is 12.1. The second-order valence-electron chi connectivity index (χ2n) is 8.52. The fraction of sp³-hybridized carbons (Fsp3) is 0.375. The molecule has 2 aromatic carbocycles. The van der Waals surface area contributed by atoms with Gasteiger partial charge in [-0.2, -0.15) is 0 Å². The molecular weight excluding hydrogens is 398 g/mol. The van der Waals surface area contributed by atoms with Gasteiger partial charge in [0.2, 0.25) is 0 Å². The van der Waals surface area contributed by atoms with Crippen molar-refractivity contribution in [1.82, 2.24) is 4.98 Å². The zero-order chi connectivity index (χ0) is 19.4. The Morgan fingerprint density at radius 1 is 1.00 bits per heavy atom. The summed E-state index contributed by atoms with van der Waals surface area (Å²) >= 11 is 3.37. The highest BCUT2D eigenvalue weighted by molar-refractivity contribution is 8.00. The van der Waals surface area contributed by atoms with Gasteiger partial charge in [0, 0.05) is 16.0 Å². The van der Waals surface area contributed by atoms with Crippen molar-refractivity contribution < 1.29 is 4.74 Å². The number of thiazole rings is 1. The van der Waals surface area contributed by atoms with Crippen molar-refractivity contribution in [2.45, 2.75) is 42.1 Å². The average Bonchev–Trinajstić information content (AvgIpc) is 3.46. The summed E-state index contributed by atoms with van der Waals surface area (Å²) in [6, 6.07) is 18.9. The lowest BCUT2D eigenvalue weighted by molar-refractivity contribution is 0.302. The first-order chi connectivity index (χ1) is 14.3. The number of hydrogen-bond donors (Lipinski definition) is 1. The van der Waals surface area contributed by atoms with Gasteiger partial charge in [-0.25, -0.2) is 0 Å². The van der Waals surface area contributed by atoms with Crippen LogP contribution in [0.15, 0.2) is 64.4 Å². The van der Waals surface area contributed by atoms with Gasteiger partial charge in [-0.3, -0.25) is 4.79 Å². The molecule has 2 fully saturated rings. The van der Waals surface area contributed by atoms with Crippen molar-refractivity contribution in [1.29, 1.82) is 0 Å². The molecule has 2 aliphatic carbocycles. The van der Waals surface area contributed by atoms with Crippen LogP contribution < -0.4 is 9.61 Å². The van der Waals surface area contributed by atoms with E-state index in [9.17, 15) is 4.79 Å². The second-order valence-corrected chi connectivity index (χ2v) is 10.7. The monoisotopic (exact) mass is 421 g/mol. The van der Waals surface area contributed by atoms with Gasteiger partial charge in [0.1, 0.15) is 12.4 Å². The molecule has 6 rings (SSSR count). The molecule has 1 aliphatic heterocycles. The van der Waals surface area contributed by atoms with Gasteiger partial charge in [0.25, 0.3) is 0 Å². The summed E-state index contributed by atoms with van der Waals surface area (Å²) in [7, 11) is 0. The molecule has 2 bridgehead atoms. The van der Waals surface area contributed by atoms with E-state index < -0.39 is 0 Å². The largest absolute Gasteiger partial charge is 0.489 e. The minimum Gasteiger partial charge on any atom is -0.489 e. The van der Waals surface area contributed by atoms with E-state index in [1.807, 2.05) is 30.0 Å². The van der Waals surface area contributed by atoms with Crippen LogP contribution in [0.4, 0.5) is 0 Å². The average molecular weight is 422 g/mol. The third-order valence-corrected chi connectivity index (χ3v) is 9.58. The van der Waals surface area contributed by atoms with Crippen molar-refractivity contribution in [3.63, 3.8) is 0 Å². The lowest BCUT2D eigenvalue weighted by Crippen LogP contribution is -2.33. The smallest absolute Gasteiger partial charge is 0.305 e. The summed E-state index contributed by atoms with van der Waals surface area (Å²) in [6.07, 6.45) is 4.09. The molecule has 3 aliphatic rings. The quantitative estimate of drug-likeness (QED) is 0.590. The zero-order valence-electron chi connectivity index (χ0n) is 16.0. The number of thioether (sulfide) groups is 1. The maximum atomic E-state index is 12.1. The predicted molar refractivity (Wildman–Crippen MR) is 118 cm³/mol. The normalized spacial score (nSPS) is 29.4. The minimum absolute atomic E-state index is 0.0858. The number of H-pyrrole nitrogens is 1. The molecule has 1 aromatic heterocycles. The molecule has 0 amide bonds. The SMILES string of the molecule is O=c1[nH]c2c(s1)[C@@H](c1ccc(OCc3ccccc3)cc1)[C@H]1[C@@H]3CC[C@H](C3)[C@H]1S2. The van der Waals surface area contributed by atoms with E-state index in [1.165, 1.54) is 46.6 Å². The summed E-state index contributed by atoms with van der Waals surface area (Å²) < 4.78 is 5.99. The molecule has 0 radical (unpaired) electrons. The maximum Gasteiger partial charge on any atom is 0.305 e. The highest BCUT2D eigenvalue weighted by Gasteiger charge is 2.54. The lowest BCUT2D eigenvalue weighted by Gasteiger charge is -2.40. The van der Waals surface area contributed by atoms with Crippen molar-refractivity contribution in [3.05, 3.63) is 80.3 Å². The molecule has 3 nitrogen and oxygen atoms in total. The third-order valence-electron chi connectivity index (χ3n) is 6.95. The highest BCUT2D eigenvalue weighted by atomic mass is 32.2. The Kier molecular flexibility index (Phi) is 4.35. The lowest BCUT2D eigenvalue weighted by atomic mass is 9.75. The highest BCUT2D eigenvalue weighted by Crippen LogP contribution is 2.63. The van der Waals surface area contributed by atoms with Gasteiger partial charge >= 0.3 is 4.87 Å². The van der Waals surface area contributed by atoms with E-state index in [0.717, 1.165) is 22.6 Å². The van der Waals surface area contributed by atoms with E-state index in [0.29, 0.717) is 23.7 Å². The molecule has 3 aromatic rings. The fourth-order valence-electron chi connectivity index (χ4n) is 5.73. The van der Waals surface area contributed by atoms with Gasteiger partial charge in [0.15, 0.2) is 0 Å². The van der Waals surface area contributed by atoms with Crippen molar-refractivity contribution in [2.24, 2.45) is 17.8 Å². The predicted octanol–water partition coefficient (Wildman–Crippen LogP) is 5.67. The van der Waals surface area contributed by atoms with Crippen LogP contribution >= 0.6 is 23.1 Å². The number of aromatic nitrogens is 1. The van der Waals surface area contributed by atoms with Gasteiger partial charge in [0.05, 0.1) is 5.03 Å². The summed E-state index contributed by atoms with van der Waals surface area (Å²) in [5.74, 6) is 3.53. The van der Waals surface area contributed by atoms with Gasteiger partial charge in [-0.1, -0.05) is 53.8 Å². The molecule has 29 heavy (non-hydrogen) atoms. The third kappa shape index (κ3) is 3.06. The van der Waals surface area contributed by atoms with E-state index in [-0.39, 0.29) is 4.87 Å². The Balaban J connectivity index is 1.30.